The molecule has 2 aliphatic heterocycles. The van der Waals surface area contributed by atoms with Crippen molar-refractivity contribution in [3.05, 3.63) is 71.2 Å². The number of carbonyl (C=O) groups is 1. The number of benzene rings is 3. The van der Waals surface area contributed by atoms with Crippen LogP contribution in [0.4, 0.5) is 0 Å². The minimum atomic E-state index is -4.01. The van der Waals surface area contributed by atoms with Gasteiger partial charge in [0, 0.05) is 23.8 Å². The highest BCUT2D eigenvalue weighted by Gasteiger charge is 2.48. The molecule has 0 saturated carbocycles. The fourth-order valence-corrected chi connectivity index (χ4v) is 6.28. The predicted molar refractivity (Wildman–Crippen MR) is 160 cm³/mol. The number of hydrogen-bond acceptors (Lipinski definition) is 7. The summed E-state index contributed by atoms with van der Waals surface area (Å²) in [5.41, 5.74) is 5.57. The molecule has 0 bridgehead atoms. The first kappa shape index (κ1) is 29.8. The molecule has 5 N–H and O–H groups in total. The van der Waals surface area contributed by atoms with Gasteiger partial charge < -0.3 is 39.4 Å². The van der Waals surface area contributed by atoms with Gasteiger partial charge in [0.15, 0.2) is 6.10 Å². The first-order valence-electron chi connectivity index (χ1n) is 14.0. The van der Waals surface area contributed by atoms with Gasteiger partial charge in [-0.1, -0.05) is 48.0 Å². The molecule has 226 valence electrons. The third kappa shape index (κ3) is 6.78. The van der Waals surface area contributed by atoms with Crippen molar-refractivity contribution in [2.75, 3.05) is 25.9 Å². The average molecular weight is 628 g/mol. The van der Waals surface area contributed by atoms with Crippen LogP contribution in [-0.4, -0.2) is 81.1 Å². The molecule has 0 aliphatic carbocycles. The molecule has 4 atom stereocenters. The molecule has 1 amide bonds. The largest absolute Gasteiger partial charge is 0.456 e. The van der Waals surface area contributed by atoms with E-state index in [2.05, 4.69) is 15.3 Å². The zero-order valence-electron chi connectivity index (χ0n) is 23.0. The number of rotatable bonds is 10. The normalized spacial score (nSPS) is 21.7. The minimum Gasteiger partial charge on any atom is -0.456 e. The maximum Gasteiger partial charge on any atom is 0.325 e. The highest BCUT2D eigenvalue weighted by Crippen LogP contribution is 2.36. The molecule has 0 radical (unpaired) electrons. The van der Waals surface area contributed by atoms with E-state index in [1.807, 2.05) is 48.5 Å². The van der Waals surface area contributed by atoms with Crippen LogP contribution in [0.2, 0.25) is 5.02 Å². The first-order chi connectivity index (χ1) is 20.6. The van der Waals surface area contributed by atoms with Crippen molar-refractivity contribution in [3.8, 4) is 28.3 Å². The van der Waals surface area contributed by atoms with Crippen LogP contribution < -0.4 is 10.1 Å². The van der Waals surface area contributed by atoms with E-state index in [1.54, 1.807) is 12.1 Å². The molecule has 43 heavy (non-hydrogen) atoms. The number of unbranched alkanes of at least 4 members (excludes halogenated alkanes) is 1. The monoisotopic (exact) mass is 627 g/mol. The number of ether oxygens (including phenoxy) is 3. The molecule has 1 aromatic heterocycles. The van der Waals surface area contributed by atoms with Crippen LogP contribution in [0.5, 0.6) is 6.01 Å². The zero-order valence-corrected chi connectivity index (χ0v) is 24.6. The maximum atomic E-state index is 12.4. The van der Waals surface area contributed by atoms with E-state index < -0.39 is 13.7 Å². The number of H-pyrrole nitrogens is 1. The first-order valence-corrected chi connectivity index (χ1v) is 16.1. The van der Waals surface area contributed by atoms with E-state index in [1.165, 1.54) is 0 Å². The minimum absolute atomic E-state index is 0.184. The Bertz CT molecular complexity index is 1660. The van der Waals surface area contributed by atoms with E-state index in [9.17, 15) is 14.5 Å². The predicted octanol–water partition coefficient (Wildman–Crippen LogP) is 4.14. The Morgan fingerprint density at radius 3 is 2.40 bits per heavy atom. The van der Waals surface area contributed by atoms with Gasteiger partial charge in [-0.2, -0.15) is 4.98 Å². The Balaban J connectivity index is 1.09. The van der Waals surface area contributed by atoms with Crippen LogP contribution in [0, 0.1) is 0 Å². The highest BCUT2D eigenvalue weighted by atomic mass is 35.5. The number of nitrogens with one attached hydrogen (secondary N) is 2. The second-order valence-corrected chi connectivity index (χ2v) is 12.9. The fraction of sp³-hybridized carbons (Fsp3) is 0.333. The second kappa shape index (κ2) is 12.4. The Hall–Kier alpha value is -3.28. The summed E-state index contributed by atoms with van der Waals surface area (Å²) < 4.78 is 28.2. The number of hydrogen-bond donors (Lipinski definition) is 5. The van der Waals surface area contributed by atoms with E-state index in [-0.39, 0.29) is 37.0 Å². The number of aromatic amines is 1. The summed E-state index contributed by atoms with van der Waals surface area (Å²) in [6.45, 7) is 0.879. The van der Waals surface area contributed by atoms with Gasteiger partial charge in [-0.05, 0) is 53.8 Å². The average Bonchev–Trinajstić information content (AvgIpc) is 3.68. The second-order valence-electron chi connectivity index (χ2n) is 10.7. The van der Waals surface area contributed by atoms with Gasteiger partial charge in [0.1, 0.15) is 18.3 Å². The van der Waals surface area contributed by atoms with Crippen LogP contribution in [-0.2, 0) is 14.0 Å². The molecule has 3 aromatic carbocycles. The third-order valence-corrected chi connectivity index (χ3v) is 8.84. The van der Waals surface area contributed by atoms with Gasteiger partial charge in [-0.15, -0.1) is 0 Å². The number of carbonyl (C=O) groups excluding carboxylic acids is 1. The lowest BCUT2D eigenvalue weighted by Gasteiger charge is -2.15. The Kier molecular flexibility index (Phi) is 8.57. The van der Waals surface area contributed by atoms with Crippen LogP contribution in [0.1, 0.15) is 23.2 Å². The van der Waals surface area contributed by atoms with Crippen molar-refractivity contribution < 1.29 is 38.5 Å². The van der Waals surface area contributed by atoms with Crippen molar-refractivity contribution in [1.29, 1.82) is 0 Å². The molecule has 2 fully saturated rings. The van der Waals surface area contributed by atoms with Crippen molar-refractivity contribution in [1.82, 2.24) is 15.3 Å². The SMILES string of the molecule is O=C(NCCCCP(=O)(O)O)c1ccc(-c2ccc(-c3cc4nc(O[C@@H]5CO[C@H]6[C@@H]5OC[C@H]6O)[nH]c4cc3Cl)cc2)cc1. The van der Waals surface area contributed by atoms with E-state index in [0.717, 1.165) is 27.8 Å². The molecule has 6 rings (SSSR count). The van der Waals surface area contributed by atoms with Gasteiger partial charge >= 0.3 is 7.60 Å². The Labute approximate surface area is 252 Å². The molecule has 2 aliphatic rings. The number of aromatic nitrogens is 2. The number of fused-ring (bicyclic) bond motifs is 2. The van der Waals surface area contributed by atoms with Crippen LogP contribution >= 0.6 is 19.2 Å². The summed E-state index contributed by atoms with van der Waals surface area (Å²) in [6, 6.07) is 19.2. The topological polar surface area (TPSA) is 163 Å². The van der Waals surface area contributed by atoms with E-state index >= 15 is 0 Å². The number of aliphatic hydroxyl groups excluding tert-OH is 1. The molecular weight excluding hydrogens is 597 g/mol. The molecule has 0 spiro atoms. The summed E-state index contributed by atoms with van der Waals surface area (Å²) >= 11 is 6.65. The molecule has 3 heterocycles. The highest BCUT2D eigenvalue weighted by molar-refractivity contribution is 7.51. The Morgan fingerprint density at radius 2 is 1.67 bits per heavy atom. The van der Waals surface area contributed by atoms with Gasteiger partial charge in [-0.3, -0.25) is 9.36 Å². The van der Waals surface area contributed by atoms with Crippen LogP contribution in [0.3, 0.4) is 0 Å². The third-order valence-electron chi connectivity index (χ3n) is 7.63. The molecule has 2 saturated heterocycles. The zero-order chi connectivity index (χ0) is 30.1. The van der Waals surface area contributed by atoms with Gasteiger partial charge in [0.2, 0.25) is 0 Å². The number of imidazole rings is 1. The lowest BCUT2D eigenvalue weighted by Crippen LogP contribution is -2.34. The lowest BCUT2D eigenvalue weighted by molar-refractivity contribution is 0.00706. The molecule has 11 nitrogen and oxygen atoms in total. The van der Waals surface area contributed by atoms with E-state index in [0.29, 0.717) is 48.1 Å². The van der Waals surface area contributed by atoms with Crippen LogP contribution in [0.15, 0.2) is 60.7 Å². The molecule has 4 aromatic rings. The standard InChI is InChI=1S/C30H31ClN3O8P/c31-22-14-24-23(33-30(34-24)42-26-16-41-27-25(35)15-40-28(26)27)13-21(22)19-7-3-17(4-8-19)18-5-9-20(10-6-18)29(36)32-11-1-2-12-43(37,38)39/h3-10,13-14,25-28,35H,1-2,11-12,15-16H2,(H,32,36)(H,33,34)(H2,37,38,39)/t25-,26-,27-,28-/m1/s1. The lowest BCUT2D eigenvalue weighted by atomic mass is 9.99. The number of aliphatic hydroxyl groups is 1. The quantitative estimate of drug-likeness (QED) is 0.128. The van der Waals surface area contributed by atoms with Gasteiger partial charge in [0.25, 0.3) is 11.9 Å². The number of nitrogens with zero attached hydrogens (tertiary/aromatic N) is 1. The summed E-state index contributed by atoms with van der Waals surface area (Å²) in [6.07, 6.45) is -1.10. The number of halogens is 1. The summed E-state index contributed by atoms with van der Waals surface area (Å²) in [7, 11) is -4.01. The number of amides is 1. The van der Waals surface area contributed by atoms with Crippen LogP contribution in [0.25, 0.3) is 33.3 Å². The summed E-state index contributed by atoms with van der Waals surface area (Å²) in [5.74, 6) is -0.235. The van der Waals surface area contributed by atoms with Crippen molar-refractivity contribution in [2.24, 2.45) is 0 Å². The smallest absolute Gasteiger partial charge is 0.325 e. The van der Waals surface area contributed by atoms with Crippen molar-refractivity contribution in [2.45, 2.75) is 37.3 Å². The van der Waals surface area contributed by atoms with Gasteiger partial charge in [0.05, 0.1) is 29.3 Å². The van der Waals surface area contributed by atoms with Gasteiger partial charge in [-0.25, -0.2) is 0 Å². The van der Waals surface area contributed by atoms with Crippen molar-refractivity contribution in [3.63, 3.8) is 0 Å². The molecule has 13 heteroatoms. The maximum absolute atomic E-state index is 12.4. The molecule has 0 unspecified atom stereocenters. The van der Waals surface area contributed by atoms with E-state index in [4.69, 9.17) is 35.6 Å². The Morgan fingerprint density at radius 1 is 1.00 bits per heavy atom. The fourth-order valence-electron chi connectivity index (χ4n) is 5.38. The summed E-state index contributed by atoms with van der Waals surface area (Å²) in [5, 5.41) is 13.3. The van der Waals surface area contributed by atoms with Crippen molar-refractivity contribution >= 4 is 36.1 Å². The molecular formula is C30H31ClN3O8P. The summed E-state index contributed by atoms with van der Waals surface area (Å²) in [4.78, 5) is 38.0.